The molecule has 0 spiro atoms. The topological polar surface area (TPSA) is 100 Å². The van der Waals surface area contributed by atoms with Gasteiger partial charge in [-0.15, -0.1) is 0 Å². The van der Waals surface area contributed by atoms with Gasteiger partial charge in [-0.1, -0.05) is 60.7 Å². The quantitative estimate of drug-likeness (QED) is 0.368. The van der Waals surface area contributed by atoms with Crippen molar-refractivity contribution in [3.63, 3.8) is 0 Å². The molecule has 0 aliphatic rings. The Morgan fingerprint density at radius 2 is 1.42 bits per heavy atom. The van der Waals surface area contributed by atoms with E-state index in [2.05, 4.69) is 20.3 Å². The number of hydrogen-bond donors (Lipinski definition) is 3. The highest BCUT2D eigenvalue weighted by Gasteiger charge is 2.19. The van der Waals surface area contributed by atoms with Crippen LogP contribution in [0.5, 0.6) is 0 Å². The van der Waals surface area contributed by atoms with Crippen LogP contribution in [0.2, 0.25) is 0 Å². The van der Waals surface area contributed by atoms with E-state index in [0.29, 0.717) is 23.5 Å². The zero-order chi connectivity index (χ0) is 23.1. The minimum Gasteiger partial charge on any atom is -0.334 e. The summed E-state index contributed by atoms with van der Waals surface area (Å²) in [4.78, 5) is 16.1. The Labute approximate surface area is 192 Å². The number of nitrogens with one attached hydrogen (secondary N) is 3. The Hall–Kier alpha value is -4.17. The van der Waals surface area contributed by atoms with Crippen molar-refractivity contribution in [2.45, 2.75) is 11.4 Å². The van der Waals surface area contributed by atoms with Gasteiger partial charge in [0, 0.05) is 35.9 Å². The molecule has 0 aliphatic heterocycles. The number of anilines is 2. The van der Waals surface area contributed by atoms with Crippen molar-refractivity contribution in [3.05, 3.63) is 109 Å². The first-order chi connectivity index (χ1) is 16.0. The number of sulfonamides is 1. The number of rotatable bonds is 7. The van der Waals surface area contributed by atoms with Gasteiger partial charge in [-0.05, 0) is 41.5 Å². The molecule has 33 heavy (non-hydrogen) atoms. The minimum absolute atomic E-state index is 0.203. The fraction of sp³-hybridized carbons (Fsp3) is 0.0400. The van der Waals surface area contributed by atoms with Crippen LogP contribution in [0.3, 0.4) is 0 Å². The van der Waals surface area contributed by atoms with E-state index in [-0.39, 0.29) is 10.9 Å². The number of pyridine rings is 1. The number of urea groups is 1. The van der Waals surface area contributed by atoms with Crippen LogP contribution >= 0.6 is 0 Å². The summed E-state index contributed by atoms with van der Waals surface area (Å²) in [6.45, 7) is 0.292. The number of nitrogens with zero attached hydrogens (tertiary/aromatic N) is 1. The Kier molecular flexibility index (Phi) is 6.66. The van der Waals surface area contributed by atoms with Crippen LogP contribution in [0.15, 0.2) is 108 Å². The second-order valence-corrected chi connectivity index (χ2v) is 8.86. The average Bonchev–Trinajstić information content (AvgIpc) is 2.85. The molecule has 4 rings (SSSR count). The number of carbonyl (C=O) groups excluding carboxylic acids is 1. The minimum atomic E-state index is -3.80. The second-order valence-electron chi connectivity index (χ2n) is 7.21. The van der Waals surface area contributed by atoms with Gasteiger partial charge in [0.1, 0.15) is 0 Å². The first-order valence-corrected chi connectivity index (χ1v) is 11.7. The first kappa shape index (κ1) is 22.0. The number of hydrogen-bond acceptors (Lipinski definition) is 4. The molecule has 8 heteroatoms. The molecule has 3 N–H and O–H groups in total. The molecule has 1 aromatic heterocycles. The van der Waals surface area contributed by atoms with Crippen molar-refractivity contribution in [2.24, 2.45) is 0 Å². The largest absolute Gasteiger partial charge is 0.334 e. The molecule has 1 heterocycles. The van der Waals surface area contributed by atoms with Gasteiger partial charge in [-0.3, -0.25) is 9.71 Å². The summed E-state index contributed by atoms with van der Waals surface area (Å²) in [5, 5.41) is 5.47. The van der Waals surface area contributed by atoms with Crippen LogP contribution in [0.1, 0.15) is 5.56 Å². The van der Waals surface area contributed by atoms with Crippen LogP contribution < -0.4 is 15.4 Å². The molecule has 0 aliphatic carbocycles. The van der Waals surface area contributed by atoms with E-state index < -0.39 is 10.0 Å². The monoisotopic (exact) mass is 458 g/mol. The van der Waals surface area contributed by atoms with Gasteiger partial charge >= 0.3 is 6.03 Å². The van der Waals surface area contributed by atoms with Crippen molar-refractivity contribution in [2.75, 3.05) is 10.0 Å². The average molecular weight is 459 g/mol. The molecule has 0 fully saturated rings. The lowest BCUT2D eigenvalue weighted by atomic mass is 10.1. The molecule has 0 saturated carbocycles. The molecule has 3 aromatic carbocycles. The number of amides is 2. The molecule has 4 aromatic rings. The molecular weight excluding hydrogens is 436 g/mol. The predicted octanol–water partition coefficient (Wildman–Crippen LogP) is 4.87. The fourth-order valence-corrected chi connectivity index (χ4v) is 4.54. The predicted molar refractivity (Wildman–Crippen MR) is 129 cm³/mol. The highest BCUT2D eigenvalue weighted by atomic mass is 32.2. The Morgan fingerprint density at radius 3 is 2.15 bits per heavy atom. The smallest absolute Gasteiger partial charge is 0.319 e. The number of aromatic nitrogens is 1. The lowest BCUT2D eigenvalue weighted by Crippen LogP contribution is -2.28. The van der Waals surface area contributed by atoms with Crippen molar-refractivity contribution < 1.29 is 13.2 Å². The van der Waals surface area contributed by atoms with Gasteiger partial charge in [0.25, 0.3) is 10.0 Å². The van der Waals surface area contributed by atoms with Crippen LogP contribution in [-0.4, -0.2) is 19.4 Å². The standard InChI is InChI=1S/C25H22N4O3S/c30-25(28-21-14-16-26-17-15-21)27-18-19-10-12-22(13-11-19)29-33(31,32)24-9-5-4-8-23(24)20-6-2-1-3-7-20/h1-17,29H,18H2,(H2,26,27,28,30). The molecule has 7 nitrogen and oxygen atoms in total. The fourth-order valence-electron chi connectivity index (χ4n) is 3.25. The van der Waals surface area contributed by atoms with E-state index in [1.807, 2.05) is 36.4 Å². The summed E-state index contributed by atoms with van der Waals surface area (Å²) < 4.78 is 28.8. The van der Waals surface area contributed by atoms with Crippen LogP contribution in [0.25, 0.3) is 11.1 Å². The van der Waals surface area contributed by atoms with Crippen LogP contribution in [0, 0.1) is 0 Å². The van der Waals surface area contributed by atoms with Gasteiger partial charge in [-0.2, -0.15) is 0 Å². The molecule has 166 valence electrons. The van der Waals surface area contributed by atoms with Crippen molar-refractivity contribution in [1.29, 1.82) is 0 Å². The molecule has 0 saturated heterocycles. The van der Waals surface area contributed by atoms with E-state index in [0.717, 1.165) is 11.1 Å². The zero-order valence-electron chi connectivity index (χ0n) is 17.6. The third-order valence-electron chi connectivity index (χ3n) is 4.86. The molecule has 0 unspecified atom stereocenters. The van der Waals surface area contributed by atoms with Gasteiger partial charge in [0.05, 0.1) is 4.90 Å². The third-order valence-corrected chi connectivity index (χ3v) is 6.30. The lowest BCUT2D eigenvalue weighted by molar-refractivity contribution is 0.251. The third kappa shape index (κ3) is 5.75. The van der Waals surface area contributed by atoms with Gasteiger partial charge in [0.2, 0.25) is 0 Å². The molecule has 2 amide bonds. The summed E-state index contributed by atoms with van der Waals surface area (Å²) in [6, 6.07) is 26.2. The lowest BCUT2D eigenvalue weighted by Gasteiger charge is -2.13. The summed E-state index contributed by atoms with van der Waals surface area (Å²) >= 11 is 0. The Balaban J connectivity index is 1.41. The number of benzene rings is 3. The summed E-state index contributed by atoms with van der Waals surface area (Å²) in [7, 11) is -3.80. The summed E-state index contributed by atoms with van der Waals surface area (Å²) in [5.74, 6) is 0. The van der Waals surface area contributed by atoms with Crippen molar-refractivity contribution >= 4 is 27.4 Å². The SMILES string of the molecule is O=C(NCc1ccc(NS(=O)(=O)c2ccccc2-c2ccccc2)cc1)Nc1ccncc1. The maximum absolute atomic E-state index is 13.1. The van der Waals surface area contributed by atoms with Crippen molar-refractivity contribution in [1.82, 2.24) is 10.3 Å². The molecule has 0 atom stereocenters. The highest BCUT2D eigenvalue weighted by Crippen LogP contribution is 2.28. The zero-order valence-corrected chi connectivity index (χ0v) is 18.4. The summed E-state index contributed by atoms with van der Waals surface area (Å²) in [6.07, 6.45) is 3.18. The maximum atomic E-state index is 13.1. The van der Waals surface area contributed by atoms with Gasteiger partial charge in [-0.25, -0.2) is 13.2 Å². The molecule has 0 radical (unpaired) electrons. The van der Waals surface area contributed by atoms with Crippen LogP contribution in [-0.2, 0) is 16.6 Å². The van der Waals surface area contributed by atoms with Crippen LogP contribution in [0.4, 0.5) is 16.2 Å². The Morgan fingerprint density at radius 1 is 0.758 bits per heavy atom. The number of carbonyl (C=O) groups is 1. The van der Waals surface area contributed by atoms with Gasteiger partial charge in [0.15, 0.2) is 0 Å². The Bertz CT molecular complexity index is 1330. The van der Waals surface area contributed by atoms with E-state index in [1.165, 1.54) is 0 Å². The highest BCUT2D eigenvalue weighted by molar-refractivity contribution is 7.92. The maximum Gasteiger partial charge on any atom is 0.319 e. The molecule has 0 bridgehead atoms. The second kappa shape index (κ2) is 9.97. The normalized spacial score (nSPS) is 10.9. The van der Waals surface area contributed by atoms with E-state index in [1.54, 1.807) is 67.0 Å². The van der Waals surface area contributed by atoms with E-state index in [9.17, 15) is 13.2 Å². The van der Waals surface area contributed by atoms with Gasteiger partial charge < -0.3 is 10.6 Å². The van der Waals surface area contributed by atoms with E-state index in [4.69, 9.17) is 0 Å². The van der Waals surface area contributed by atoms with E-state index >= 15 is 0 Å². The molecular formula is C25H22N4O3S. The first-order valence-electron chi connectivity index (χ1n) is 10.2. The summed E-state index contributed by atoms with van der Waals surface area (Å²) in [5.41, 5.74) is 3.36. The van der Waals surface area contributed by atoms with Crippen molar-refractivity contribution in [3.8, 4) is 11.1 Å².